The SMILES string of the molecule is CC(C)CC(C)(N)COc1ccc(-c2ccnc(N(C)C(=O)OC(=O)OCc3ccccc3)c2)cn1. The second kappa shape index (κ2) is 12.1. The minimum atomic E-state index is -1.09. The van der Waals surface area contributed by atoms with Crippen LogP contribution in [0.1, 0.15) is 32.8 Å². The van der Waals surface area contributed by atoms with Gasteiger partial charge in [0, 0.05) is 36.6 Å². The molecule has 0 fully saturated rings. The summed E-state index contributed by atoms with van der Waals surface area (Å²) in [5, 5.41) is 0. The highest BCUT2D eigenvalue weighted by Crippen LogP contribution is 2.24. The van der Waals surface area contributed by atoms with Gasteiger partial charge < -0.3 is 19.9 Å². The number of amides is 1. The fourth-order valence-electron chi connectivity index (χ4n) is 3.63. The Hall–Kier alpha value is -3.98. The fraction of sp³-hybridized carbons (Fsp3) is 0.333. The molecule has 0 bridgehead atoms. The number of nitrogens with two attached hydrogens (primary N) is 1. The summed E-state index contributed by atoms with van der Waals surface area (Å²) in [6.45, 7) is 6.56. The van der Waals surface area contributed by atoms with E-state index in [-0.39, 0.29) is 6.61 Å². The second-order valence-electron chi connectivity index (χ2n) is 9.28. The lowest BCUT2D eigenvalue weighted by atomic mass is 9.93. The van der Waals surface area contributed by atoms with Crippen LogP contribution in [0, 0.1) is 5.92 Å². The van der Waals surface area contributed by atoms with Crippen LogP contribution in [0.4, 0.5) is 15.4 Å². The van der Waals surface area contributed by atoms with Gasteiger partial charge in [0.25, 0.3) is 0 Å². The van der Waals surface area contributed by atoms with Crippen molar-refractivity contribution < 1.29 is 23.8 Å². The summed E-state index contributed by atoms with van der Waals surface area (Å²) in [6, 6.07) is 16.2. The van der Waals surface area contributed by atoms with Gasteiger partial charge in [-0.1, -0.05) is 44.2 Å². The summed E-state index contributed by atoms with van der Waals surface area (Å²) in [7, 11) is 1.45. The van der Waals surface area contributed by atoms with Gasteiger partial charge in [0.2, 0.25) is 5.88 Å². The molecule has 0 aliphatic carbocycles. The number of rotatable bonds is 9. The average molecular weight is 493 g/mol. The number of pyridine rings is 2. The molecule has 9 nitrogen and oxygen atoms in total. The Bertz CT molecular complexity index is 1150. The first-order valence-electron chi connectivity index (χ1n) is 11.6. The summed E-state index contributed by atoms with van der Waals surface area (Å²) in [4.78, 5) is 34.0. The quantitative estimate of drug-likeness (QED) is 0.320. The van der Waals surface area contributed by atoms with E-state index in [0.717, 1.165) is 28.0 Å². The van der Waals surface area contributed by atoms with Crippen molar-refractivity contribution in [2.45, 2.75) is 39.3 Å². The summed E-state index contributed by atoms with van der Waals surface area (Å²) in [6.07, 6.45) is 2.06. The van der Waals surface area contributed by atoms with Crippen LogP contribution in [0.5, 0.6) is 5.88 Å². The number of aromatic nitrogens is 2. The van der Waals surface area contributed by atoms with Crippen molar-refractivity contribution in [1.82, 2.24) is 9.97 Å². The van der Waals surface area contributed by atoms with E-state index in [9.17, 15) is 9.59 Å². The molecule has 9 heteroatoms. The Labute approximate surface area is 211 Å². The monoisotopic (exact) mass is 492 g/mol. The van der Waals surface area contributed by atoms with Crippen LogP contribution in [-0.2, 0) is 16.1 Å². The Balaban J connectivity index is 1.58. The third-order valence-electron chi connectivity index (χ3n) is 5.23. The molecule has 2 N–H and O–H groups in total. The van der Waals surface area contributed by atoms with Gasteiger partial charge in [-0.25, -0.2) is 19.6 Å². The van der Waals surface area contributed by atoms with Crippen LogP contribution in [0.15, 0.2) is 67.0 Å². The maximum atomic E-state index is 12.4. The number of carbonyl (C=O) groups excluding carboxylic acids is 2. The molecule has 2 heterocycles. The Morgan fingerprint density at radius 2 is 1.81 bits per heavy atom. The zero-order chi connectivity index (χ0) is 26.1. The molecule has 190 valence electrons. The lowest BCUT2D eigenvalue weighted by molar-refractivity contribution is 0.0722. The molecule has 0 saturated heterocycles. The Morgan fingerprint density at radius 1 is 1.06 bits per heavy atom. The minimum absolute atomic E-state index is 0.000636. The Morgan fingerprint density at radius 3 is 2.47 bits per heavy atom. The lowest BCUT2D eigenvalue weighted by Gasteiger charge is -2.26. The molecule has 0 radical (unpaired) electrons. The van der Waals surface area contributed by atoms with E-state index in [1.54, 1.807) is 42.7 Å². The largest absolute Gasteiger partial charge is 0.517 e. The topological polar surface area (TPSA) is 117 Å². The summed E-state index contributed by atoms with van der Waals surface area (Å²) in [5.74, 6) is 1.24. The number of nitrogens with zero attached hydrogens (tertiary/aromatic N) is 3. The van der Waals surface area contributed by atoms with Crippen LogP contribution in [-0.4, -0.2) is 41.4 Å². The van der Waals surface area contributed by atoms with Gasteiger partial charge in [0.15, 0.2) is 0 Å². The predicted molar refractivity (Wildman–Crippen MR) is 137 cm³/mol. The molecule has 0 spiro atoms. The van der Waals surface area contributed by atoms with E-state index in [1.165, 1.54) is 7.05 Å². The first kappa shape index (κ1) is 26.6. The highest BCUT2D eigenvalue weighted by molar-refractivity contribution is 5.92. The van der Waals surface area contributed by atoms with E-state index >= 15 is 0 Å². The summed E-state index contributed by atoms with van der Waals surface area (Å²) < 4.78 is 15.5. The van der Waals surface area contributed by atoms with Crippen molar-refractivity contribution in [2.24, 2.45) is 11.7 Å². The number of anilines is 1. The number of ether oxygens (including phenoxy) is 3. The van der Waals surface area contributed by atoms with Crippen LogP contribution < -0.4 is 15.4 Å². The third kappa shape index (κ3) is 8.06. The molecule has 1 aromatic carbocycles. The molecule has 1 atom stereocenters. The molecule has 2 aromatic heterocycles. The van der Waals surface area contributed by atoms with Crippen molar-refractivity contribution in [3.63, 3.8) is 0 Å². The lowest BCUT2D eigenvalue weighted by Crippen LogP contribution is -2.43. The number of hydrogen-bond donors (Lipinski definition) is 1. The maximum absolute atomic E-state index is 12.4. The van der Waals surface area contributed by atoms with Crippen LogP contribution in [0.3, 0.4) is 0 Å². The highest BCUT2D eigenvalue weighted by Gasteiger charge is 2.22. The molecular formula is C27H32N4O5. The van der Waals surface area contributed by atoms with Crippen molar-refractivity contribution >= 4 is 18.1 Å². The van der Waals surface area contributed by atoms with E-state index in [0.29, 0.717) is 24.2 Å². The summed E-state index contributed by atoms with van der Waals surface area (Å²) in [5.41, 5.74) is 8.21. The second-order valence-corrected chi connectivity index (χ2v) is 9.28. The van der Waals surface area contributed by atoms with Crippen molar-refractivity contribution in [1.29, 1.82) is 0 Å². The molecule has 1 unspecified atom stereocenters. The van der Waals surface area contributed by atoms with E-state index < -0.39 is 17.8 Å². The molecule has 1 amide bonds. The summed E-state index contributed by atoms with van der Waals surface area (Å²) >= 11 is 0. The Kier molecular flexibility index (Phi) is 8.97. The van der Waals surface area contributed by atoms with Crippen LogP contribution in [0.25, 0.3) is 11.1 Å². The van der Waals surface area contributed by atoms with Crippen molar-refractivity contribution in [3.05, 3.63) is 72.6 Å². The fourth-order valence-corrected chi connectivity index (χ4v) is 3.63. The van der Waals surface area contributed by atoms with Crippen LogP contribution in [0.2, 0.25) is 0 Å². The first-order chi connectivity index (χ1) is 17.1. The first-order valence-corrected chi connectivity index (χ1v) is 11.6. The standard InChI is InChI=1S/C27H32N4O5/c1-19(2)15-27(3,28)18-35-24-11-10-22(16-30-24)21-12-13-29-23(14-21)31(4)25(32)36-26(33)34-17-20-8-6-5-7-9-20/h5-14,16,19H,15,17-18,28H2,1-4H3. The number of carbonyl (C=O) groups is 2. The smallest absolute Gasteiger partial charge is 0.476 e. The number of hydrogen-bond acceptors (Lipinski definition) is 8. The van der Waals surface area contributed by atoms with Crippen molar-refractivity contribution in [2.75, 3.05) is 18.6 Å². The zero-order valence-corrected chi connectivity index (χ0v) is 21.0. The van der Waals surface area contributed by atoms with Crippen LogP contribution >= 0.6 is 0 Å². The van der Waals surface area contributed by atoms with Gasteiger partial charge in [-0.3, -0.25) is 4.90 Å². The highest BCUT2D eigenvalue weighted by atomic mass is 16.7. The van der Waals surface area contributed by atoms with E-state index in [1.807, 2.05) is 31.2 Å². The molecule has 0 aliphatic rings. The molecule has 3 aromatic rings. The van der Waals surface area contributed by atoms with E-state index in [4.69, 9.17) is 19.9 Å². The van der Waals surface area contributed by atoms with Gasteiger partial charge >= 0.3 is 12.2 Å². The molecular weight excluding hydrogens is 460 g/mol. The van der Waals surface area contributed by atoms with Gasteiger partial charge in [0.05, 0.1) is 0 Å². The molecule has 36 heavy (non-hydrogen) atoms. The molecule has 0 aliphatic heterocycles. The predicted octanol–water partition coefficient (Wildman–Crippen LogP) is 5.20. The normalized spacial score (nSPS) is 12.5. The minimum Gasteiger partial charge on any atom is -0.476 e. The zero-order valence-electron chi connectivity index (χ0n) is 21.0. The molecule has 3 rings (SSSR count). The maximum Gasteiger partial charge on any atom is 0.517 e. The van der Waals surface area contributed by atoms with E-state index in [2.05, 4.69) is 23.8 Å². The third-order valence-corrected chi connectivity index (χ3v) is 5.23. The van der Waals surface area contributed by atoms with Gasteiger partial charge in [-0.05, 0) is 48.6 Å². The van der Waals surface area contributed by atoms with Crippen molar-refractivity contribution in [3.8, 4) is 17.0 Å². The van der Waals surface area contributed by atoms with Gasteiger partial charge in [0.1, 0.15) is 19.0 Å². The number of benzene rings is 1. The average Bonchev–Trinajstić information content (AvgIpc) is 2.86. The molecule has 0 saturated carbocycles. The van der Waals surface area contributed by atoms with Gasteiger partial charge in [-0.2, -0.15) is 0 Å². The van der Waals surface area contributed by atoms with Gasteiger partial charge in [-0.15, -0.1) is 0 Å².